The van der Waals surface area contributed by atoms with Crippen molar-refractivity contribution in [2.45, 2.75) is 102 Å². The summed E-state index contributed by atoms with van der Waals surface area (Å²) in [4.78, 5) is 73.4. The number of fused-ring (bicyclic) bond motifs is 7. The molecule has 5 aliphatic heterocycles. The number of piperidine rings is 1. The predicted octanol–water partition coefficient (Wildman–Crippen LogP) is 6.67. The molecule has 4 N–H and O–H groups in total. The Bertz CT molecular complexity index is 2580. The highest BCUT2D eigenvalue weighted by molar-refractivity contribution is 6.07. The molecule has 0 saturated carbocycles. The molecule has 7 atom stereocenters. The minimum absolute atomic E-state index is 0.00485. The van der Waals surface area contributed by atoms with Crippen molar-refractivity contribution in [3.05, 3.63) is 65.9 Å². The number of amides is 4. The lowest BCUT2D eigenvalue weighted by molar-refractivity contribution is -0.142. The number of alkyl carbamates (subject to hydrolysis) is 2. The number of aromatic amines is 2. The third kappa shape index (κ3) is 6.88. The van der Waals surface area contributed by atoms with Crippen LogP contribution in [0.3, 0.4) is 0 Å². The van der Waals surface area contributed by atoms with Gasteiger partial charge in [0.2, 0.25) is 11.8 Å². The molecular weight excluding hydrogens is 793 g/mol. The van der Waals surface area contributed by atoms with Crippen molar-refractivity contribution >= 4 is 45.8 Å². The lowest BCUT2D eigenvalue weighted by Crippen LogP contribution is -2.58. The normalized spacial score (nSPS) is 25.2. The van der Waals surface area contributed by atoms with Crippen molar-refractivity contribution in [2.75, 3.05) is 27.4 Å². The van der Waals surface area contributed by atoms with Crippen LogP contribution in [0, 0.1) is 11.8 Å². The minimum Gasteiger partial charge on any atom is -0.488 e. The van der Waals surface area contributed by atoms with E-state index < -0.39 is 24.3 Å². The first-order valence-corrected chi connectivity index (χ1v) is 21.8. The molecule has 0 radical (unpaired) electrons. The first-order chi connectivity index (χ1) is 30.1. The van der Waals surface area contributed by atoms with E-state index in [-0.39, 0.29) is 47.8 Å². The van der Waals surface area contributed by atoms with Gasteiger partial charge in [0.1, 0.15) is 36.1 Å². The van der Waals surface area contributed by atoms with E-state index in [9.17, 15) is 19.2 Å². The molecule has 4 fully saturated rings. The molecule has 16 nitrogen and oxygen atoms in total. The number of methoxy groups -OCH3 is 2. The Balaban J connectivity index is 0.900. The highest BCUT2D eigenvalue weighted by Gasteiger charge is 2.48. The zero-order chi connectivity index (χ0) is 42.8. The summed E-state index contributed by atoms with van der Waals surface area (Å²) in [6.07, 6.45) is 5.99. The number of carbonyl (C=O) groups excluding carboxylic acids is 4. The lowest BCUT2D eigenvalue weighted by Gasteiger charge is -2.41. The Labute approximate surface area is 358 Å². The zero-order valence-electron chi connectivity index (χ0n) is 35.4. The Morgan fingerprint density at radius 1 is 0.887 bits per heavy atom. The van der Waals surface area contributed by atoms with E-state index in [2.05, 4.69) is 63.9 Å². The van der Waals surface area contributed by atoms with Crippen LogP contribution in [-0.2, 0) is 30.4 Å². The van der Waals surface area contributed by atoms with Gasteiger partial charge in [-0.2, -0.15) is 0 Å². The van der Waals surface area contributed by atoms with Crippen LogP contribution in [-0.4, -0.2) is 105 Å². The fourth-order valence-electron chi connectivity index (χ4n) is 10.8. The van der Waals surface area contributed by atoms with Gasteiger partial charge < -0.3 is 49.3 Å². The third-order valence-corrected chi connectivity index (χ3v) is 14.0. The number of nitrogens with zero attached hydrogens (tertiary/aromatic N) is 4. The maximum Gasteiger partial charge on any atom is 0.407 e. The smallest absolute Gasteiger partial charge is 0.407 e. The molecule has 5 aliphatic rings. The molecule has 4 amide bonds. The number of ether oxygens (including phenoxy) is 4. The molecule has 0 bridgehead atoms. The Kier molecular flexibility index (Phi) is 10.3. The van der Waals surface area contributed by atoms with Crippen molar-refractivity contribution in [3.8, 4) is 28.1 Å². The van der Waals surface area contributed by atoms with Crippen LogP contribution in [0.15, 0.2) is 48.7 Å². The number of H-pyrrole nitrogens is 2. The second kappa shape index (κ2) is 15.9. The number of carbonyl (C=O) groups is 4. The van der Waals surface area contributed by atoms with Crippen molar-refractivity contribution in [3.63, 3.8) is 0 Å². The Morgan fingerprint density at radius 3 is 2.50 bits per heavy atom. The maximum atomic E-state index is 14.4. The van der Waals surface area contributed by atoms with Crippen LogP contribution >= 0.6 is 0 Å². The molecule has 7 unspecified atom stereocenters. The molecule has 0 spiro atoms. The van der Waals surface area contributed by atoms with E-state index in [4.69, 9.17) is 28.9 Å². The SMILES string of the molecule is COC(=O)NC1C(=O)N2C(CCC2c2ncc(-c3ccc4c(c3)COc3cc5c(ccc6[nH]c(C7CCC(C)N7C(=O)C(NC(=O)OC)C7CCOCC7)nc65)cc3-4)[nH]2)CC1C. The molecule has 10 rings (SSSR count). The van der Waals surface area contributed by atoms with Crippen LogP contribution < -0.4 is 15.4 Å². The highest BCUT2D eigenvalue weighted by Crippen LogP contribution is 2.45. The number of benzene rings is 3. The number of rotatable bonds is 7. The monoisotopic (exact) mass is 844 g/mol. The van der Waals surface area contributed by atoms with Crippen LogP contribution in [0.4, 0.5) is 9.59 Å². The van der Waals surface area contributed by atoms with Crippen molar-refractivity contribution < 1.29 is 38.1 Å². The van der Waals surface area contributed by atoms with E-state index in [0.717, 1.165) is 99.3 Å². The number of hydrogen-bond acceptors (Lipinski definition) is 10. The van der Waals surface area contributed by atoms with E-state index in [0.29, 0.717) is 32.7 Å². The second-order valence-electron chi connectivity index (χ2n) is 17.6. The van der Waals surface area contributed by atoms with Gasteiger partial charge in [-0.3, -0.25) is 9.59 Å². The molecule has 4 saturated heterocycles. The number of hydrogen-bond donors (Lipinski definition) is 4. The lowest BCUT2D eigenvalue weighted by atomic mass is 9.88. The van der Waals surface area contributed by atoms with Crippen LogP contribution in [0.1, 0.15) is 88.1 Å². The molecule has 324 valence electrons. The molecule has 7 heterocycles. The van der Waals surface area contributed by atoms with E-state index in [1.165, 1.54) is 14.2 Å². The van der Waals surface area contributed by atoms with Gasteiger partial charge in [0, 0.05) is 36.2 Å². The number of likely N-dealkylation sites (tertiary alicyclic amines) is 1. The standard InChI is InChI=1S/C46H52N8O8/c1-23-17-29-8-12-35(54(29)43(55)38(23)51-45(57)59-3)41-47-21-34(49-41)27-6-9-30-28(18-27)22-62-37-20-31-26(19-32(30)37)7-10-33-40(31)50-42(48-33)36-11-5-24(2)53(36)44(56)39(52-46(58)60-4)25-13-15-61-16-14-25/h6-7,9-10,18-21,23-25,29,35-36,38-39H,5,8,11-17,22H2,1-4H3,(H,47,49)(H,48,50)(H,51,57)(H,52,58). The van der Waals surface area contributed by atoms with Gasteiger partial charge in [-0.1, -0.05) is 25.1 Å². The minimum atomic E-state index is -0.720. The maximum absolute atomic E-state index is 14.4. The van der Waals surface area contributed by atoms with Gasteiger partial charge >= 0.3 is 12.2 Å². The summed E-state index contributed by atoms with van der Waals surface area (Å²) < 4.78 is 21.7. The van der Waals surface area contributed by atoms with Gasteiger partial charge in [0.25, 0.3) is 0 Å². The average Bonchev–Trinajstić information content (AvgIpc) is 4.12. The largest absolute Gasteiger partial charge is 0.488 e. The number of nitrogens with one attached hydrogen (secondary N) is 4. The quantitative estimate of drug-likeness (QED) is 0.138. The van der Waals surface area contributed by atoms with Gasteiger partial charge in [-0.15, -0.1) is 0 Å². The Hall–Kier alpha value is -6.16. The fraction of sp³-hybridized carbons (Fsp3) is 0.478. The summed E-state index contributed by atoms with van der Waals surface area (Å²) in [7, 11) is 2.62. The predicted molar refractivity (Wildman–Crippen MR) is 228 cm³/mol. The summed E-state index contributed by atoms with van der Waals surface area (Å²) in [6, 6.07) is 12.9. The average molecular weight is 845 g/mol. The Morgan fingerprint density at radius 2 is 1.69 bits per heavy atom. The van der Waals surface area contributed by atoms with Gasteiger partial charge in [-0.05, 0) is 110 Å². The molecule has 16 heteroatoms. The summed E-state index contributed by atoms with van der Waals surface area (Å²) >= 11 is 0. The summed E-state index contributed by atoms with van der Waals surface area (Å²) in [6.45, 7) is 5.53. The summed E-state index contributed by atoms with van der Waals surface area (Å²) in [5.74, 6) is 1.95. The van der Waals surface area contributed by atoms with Crippen molar-refractivity contribution in [2.24, 2.45) is 11.8 Å². The first kappa shape index (κ1) is 39.9. The second-order valence-corrected chi connectivity index (χ2v) is 17.6. The molecular formula is C46H52N8O8. The van der Waals surface area contributed by atoms with Crippen LogP contribution in [0.5, 0.6) is 5.75 Å². The van der Waals surface area contributed by atoms with Gasteiger partial charge in [0.05, 0.1) is 49.2 Å². The van der Waals surface area contributed by atoms with Crippen molar-refractivity contribution in [1.29, 1.82) is 0 Å². The van der Waals surface area contributed by atoms with E-state index in [1.807, 2.05) is 29.0 Å². The molecule has 62 heavy (non-hydrogen) atoms. The van der Waals surface area contributed by atoms with Gasteiger partial charge in [0.15, 0.2) is 0 Å². The molecule has 2 aromatic heterocycles. The number of imidazole rings is 2. The number of aromatic nitrogens is 4. The highest BCUT2D eigenvalue weighted by atomic mass is 16.5. The summed E-state index contributed by atoms with van der Waals surface area (Å²) in [5.41, 5.74) is 6.63. The fourth-order valence-corrected chi connectivity index (χ4v) is 10.8. The zero-order valence-corrected chi connectivity index (χ0v) is 35.4. The van der Waals surface area contributed by atoms with E-state index >= 15 is 0 Å². The summed E-state index contributed by atoms with van der Waals surface area (Å²) in [5, 5.41) is 7.57. The topological polar surface area (TPSA) is 193 Å². The first-order valence-electron chi connectivity index (χ1n) is 21.8. The van der Waals surface area contributed by atoms with E-state index in [1.54, 1.807) is 0 Å². The molecule has 5 aromatic rings. The molecule has 0 aliphatic carbocycles. The van der Waals surface area contributed by atoms with Crippen LogP contribution in [0.2, 0.25) is 0 Å². The van der Waals surface area contributed by atoms with Gasteiger partial charge in [-0.25, -0.2) is 19.6 Å². The third-order valence-electron chi connectivity index (χ3n) is 14.0. The van der Waals surface area contributed by atoms with Crippen LogP contribution in [0.25, 0.3) is 44.2 Å². The van der Waals surface area contributed by atoms with Crippen molar-refractivity contribution in [1.82, 2.24) is 40.4 Å². The molecule has 3 aromatic carbocycles.